The second-order valence-electron chi connectivity index (χ2n) is 4.61. The van der Waals surface area contributed by atoms with Gasteiger partial charge >= 0.3 is 6.18 Å². The Bertz CT molecular complexity index is 418. The van der Waals surface area contributed by atoms with Crippen LogP contribution in [0.25, 0.3) is 0 Å². The Morgan fingerprint density at radius 3 is 2.67 bits per heavy atom. The van der Waals surface area contributed by atoms with Gasteiger partial charge in [-0.25, -0.2) is 9.97 Å². The molecular formula is C11H14F3N3O. The van der Waals surface area contributed by atoms with Gasteiger partial charge in [0, 0.05) is 19.8 Å². The van der Waals surface area contributed by atoms with Crippen LogP contribution in [-0.2, 0) is 6.18 Å². The molecule has 0 aliphatic heterocycles. The molecule has 1 aromatic heterocycles. The van der Waals surface area contributed by atoms with E-state index < -0.39 is 11.9 Å². The molecule has 0 bridgehead atoms. The van der Waals surface area contributed by atoms with Crippen LogP contribution in [0.2, 0.25) is 0 Å². The first-order valence-electron chi connectivity index (χ1n) is 5.65. The molecule has 1 N–H and O–H groups in total. The van der Waals surface area contributed by atoms with Crippen molar-refractivity contribution in [1.82, 2.24) is 9.97 Å². The number of aliphatic hydroxyl groups is 1. The molecule has 2 rings (SSSR count). The normalized spacial score (nSPS) is 23.6. The van der Waals surface area contributed by atoms with Crippen molar-refractivity contribution in [3.05, 3.63) is 18.0 Å². The summed E-state index contributed by atoms with van der Waals surface area (Å²) in [6.07, 6.45) is -2.25. The number of rotatable bonds is 3. The Morgan fingerprint density at radius 2 is 2.11 bits per heavy atom. The molecule has 0 atom stereocenters. The van der Waals surface area contributed by atoms with Gasteiger partial charge in [-0.15, -0.1) is 0 Å². The summed E-state index contributed by atoms with van der Waals surface area (Å²) in [7, 11) is 1.65. The fourth-order valence-electron chi connectivity index (χ4n) is 2.01. The lowest BCUT2D eigenvalue weighted by molar-refractivity contribution is -0.141. The third kappa shape index (κ3) is 2.90. The van der Waals surface area contributed by atoms with E-state index in [0.29, 0.717) is 25.3 Å². The molecule has 0 radical (unpaired) electrons. The van der Waals surface area contributed by atoms with E-state index in [1.54, 1.807) is 11.9 Å². The molecule has 0 saturated heterocycles. The van der Waals surface area contributed by atoms with E-state index in [-0.39, 0.29) is 12.1 Å². The van der Waals surface area contributed by atoms with Gasteiger partial charge in [0.25, 0.3) is 0 Å². The molecule has 0 spiro atoms. The van der Waals surface area contributed by atoms with Crippen molar-refractivity contribution in [2.45, 2.75) is 25.1 Å². The van der Waals surface area contributed by atoms with E-state index in [9.17, 15) is 13.2 Å². The molecule has 1 aliphatic rings. The average molecular weight is 261 g/mol. The molecule has 1 saturated carbocycles. The Morgan fingerprint density at radius 1 is 1.44 bits per heavy atom. The van der Waals surface area contributed by atoms with Crippen molar-refractivity contribution < 1.29 is 18.3 Å². The molecule has 4 nitrogen and oxygen atoms in total. The number of alkyl halides is 3. The van der Waals surface area contributed by atoms with Crippen LogP contribution in [0.4, 0.5) is 19.1 Å². The van der Waals surface area contributed by atoms with Crippen LogP contribution in [-0.4, -0.2) is 34.8 Å². The second kappa shape index (κ2) is 4.72. The Kier molecular flexibility index (Phi) is 3.43. The summed E-state index contributed by atoms with van der Waals surface area (Å²) in [5, 5.41) is 9.15. The van der Waals surface area contributed by atoms with Gasteiger partial charge in [-0.05, 0) is 24.8 Å². The summed E-state index contributed by atoms with van der Waals surface area (Å²) in [4.78, 5) is 8.93. The first-order valence-corrected chi connectivity index (χ1v) is 5.65. The Labute approximate surface area is 102 Å². The third-order valence-electron chi connectivity index (χ3n) is 3.02. The average Bonchev–Trinajstić information content (AvgIpc) is 2.26. The smallest absolute Gasteiger partial charge is 0.393 e. The molecule has 7 heteroatoms. The summed E-state index contributed by atoms with van der Waals surface area (Å²) in [6, 6.07) is 0.852. The molecule has 1 heterocycles. The molecule has 0 unspecified atom stereocenters. The van der Waals surface area contributed by atoms with Crippen molar-refractivity contribution in [3.63, 3.8) is 0 Å². The van der Waals surface area contributed by atoms with Gasteiger partial charge < -0.3 is 10.0 Å². The van der Waals surface area contributed by atoms with Crippen LogP contribution in [0, 0.1) is 5.92 Å². The number of anilines is 1. The van der Waals surface area contributed by atoms with Crippen molar-refractivity contribution in [2.24, 2.45) is 5.92 Å². The van der Waals surface area contributed by atoms with Crippen LogP contribution in [0.5, 0.6) is 0 Å². The van der Waals surface area contributed by atoms with E-state index >= 15 is 0 Å². The molecule has 18 heavy (non-hydrogen) atoms. The topological polar surface area (TPSA) is 49.2 Å². The van der Waals surface area contributed by atoms with E-state index in [1.807, 2.05) is 0 Å². The van der Waals surface area contributed by atoms with Crippen molar-refractivity contribution in [2.75, 3.05) is 18.5 Å². The number of hydrogen-bond donors (Lipinski definition) is 1. The van der Waals surface area contributed by atoms with Gasteiger partial charge in [0.15, 0.2) is 0 Å². The van der Waals surface area contributed by atoms with Crippen LogP contribution in [0.3, 0.4) is 0 Å². The minimum Gasteiger partial charge on any atom is -0.393 e. The molecule has 1 aliphatic carbocycles. The van der Waals surface area contributed by atoms with Crippen LogP contribution in [0.1, 0.15) is 18.5 Å². The van der Waals surface area contributed by atoms with Gasteiger partial charge in [0.05, 0.1) is 6.10 Å². The minimum atomic E-state index is -4.45. The first-order chi connectivity index (χ1) is 8.36. The number of aromatic nitrogens is 2. The molecule has 1 aromatic rings. The fraction of sp³-hybridized carbons (Fsp3) is 0.636. The summed E-state index contributed by atoms with van der Waals surface area (Å²) in [5.41, 5.74) is -0.937. The maximum absolute atomic E-state index is 12.5. The van der Waals surface area contributed by atoms with E-state index in [4.69, 9.17) is 5.11 Å². The van der Waals surface area contributed by atoms with Gasteiger partial charge in [0.1, 0.15) is 5.69 Å². The van der Waals surface area contributed by atoms with E-state index in [1.165, 1.54) is 0 Å². The largest absolute Gasteiger partial charge is 0.433 e. The van der Waals surface area contributed by atoms with Gasteiger partial charge in [-0.1, -0.05) is 0 Å². The highest BCUT2D eigenvalue weighted by molar-refractivity contribution is 5.29. The first kappa shape index (κ1) is 13.1. The zero-order chi connectivity index (χ0) is 13.3. The summed E-state index contributed by atoms with van der Waals surface area (Å²) in [6.45, 7) is 0.554. The SMILES string of the molecule is CN(CC1CC(O)C1)c1nccc(C(F)(F)F)n1. The summed E-state index contributed by atoms with van der Waals surface area (Å²) >= 11 is 0. The molecule has 0 aromatic carbocycles. The summed E-state index contributed by atoms with van der Waals surface area (Å²) < 4.78 is 37.4. The van der Waals surface area contributed by atoms with E-state index in [0.717, 1.165) is 12.3 Å². The van der Waals surface area contributed by atoms with E-state index in [2.05, 4.69) is 9.97 Å². The van der Waals surface area contributed by atoms with Crippen LogP contribution < -0.4 is 4.90 Å². The zero-order valence-electron chi connectivity index (χ0n) is 9.85. The number of halogens is 3. The molecule has 1 fully saturated rings. The number of nitrogens with zero attached hydrogens (tertiary/aromatic N) is 3. The van der Waals surface area contributed by atoms with Gasteiger partial charge in [-0.3, -0.25) is 0 Å². The quantitative estimate of drug-likeness (QED) is 0.899. The maximum atomic E-state index is 12.5. The highest BCUT2D eigenvalue weighted by Crippen LogP contribution is 2.30. The zero-order valence-corrected chi connectivity index (χ0v) is 9.85. The lowest BCUT2D eigenvalue weighted by atomic mass is 9.82. The van der Waals surface area contributed by atoms with Gasteiger partial charge in [0.2, 0.25) is 5.95 Å². The monoisotopic (exact) mass is 261 g/mol. The highest BCUT2D eigenvalue weighted by atomic mass is 19.4. The van der Waals surface area contributed by atoms with Crippen LogP contribution >= 0.6 is 0 Å². The highest BCUT2D eigenvalue weighted by Gasteiger charge is 2.33. The lowest BCUT2D eigenvalue weighted by Gasteiger charge is -2.34. The van der Waals surface area contributed by atoms with Gasteiger partial charge in [-0.2, -0.15) is 13.2 Å². The maximum Gasteiger partial charge on any atom is 0.433 e. The Balaban J connectivity index is 2.03. The van der Waals surface area contributed by atoms with Crippen molar-refractivity contribution >= 4 is 5.95 Å². The lowest BCUT2D eigenvalue weighted by Crippen LogP contribution is -2.37. The van der Waals surface area contributed by atoms with Crippen molar-refractivity contribution in [3.8, 4) is 0 Å². The molecule has 0 amide bonds. The van der Waals surface area contributed by atoms with Crippen LogP contribution in [0.15, 0.2) is 12.3 Å². The molecular weight excluding hydrogens is 247 g/mol. The standard InChI is InChI=1S/C11H14F3N3O/c1-17(6-7-4-8(18)5-7)10-15-3-2-9(16-10)11(12,13)14/h2-3,7-8,18H,4-6H2,1H3. The fourth-order valence-corrected chi connectivity index (χ4v) is 2.01. The molecule has 100 valence electrons. The summed E-state index contributed by atoms with van der Waals surface area (Å²) in [5.74, 6) is 0.356. The minimum absolute atomic E-state index is 0.0613. The number of aliphatic hydroxyl groups excluding tert-OH is 1. The number of hydrogen-bond acceptors (Lipinski definition) is 4. The second-order valence-corrected chi connectivity index (χ2v) is 4.61. The van der Waals surface area contributed by atoms with Crippen molar-refractivity contribution in [1.29, 1.82) is 0 Å². The predicted octanol–water partition coefficient (Wildman–Crippen LogP) is 1.70. The third-order valence-corrected chi connectivity index (χ3v) is 3.02. The predicted molar refractivity (Wildman–Crippen MR) is 59.0 cm³/mol. The Hall–Kier alpha value is -1.37.